The van der Waals surface area contributed by atoms with Crippen LogP contribution in [0.2, 0.25) is 10.0 Å². The van der Waals surface area contributed by atoms with Crippen molar-refractivity contribution in [2.24, 2.45) is 0 Å². The number of rotatable bonds is 4. The van der Waals surface area contributed by atoms with E-state index in [0.717, 1.165) is 10.0 Å². The molecule has 2 aromatic carbocycles. The van der Waals surface area contributed by atoms with Gasteiger partial charge in [-0.15, -0.1) is 0 Å². The minimum Gasteiger partial charge on any atom is -0.465 e. The number of methoxy groups -OCH3 is 1. The van der Waals surface area contributed by atoms with Crippen molar-refractivity contribution in [3.8, 4) is 0 Å². The molecule has 0 saturated heterocycles. The molecule has 2 rings (SSSR count). The Balaban J connectivity index is 2.23. The van der Waals surface area contributed by atoms with E-state index < -0.39 is 0 Å². The molecule has 0 atom stereocenters. The SMILES string of the molecule is COC(=O)c1ccccc1CNc1c(Cl)cc(Br)cc1Cl. The van der Waals surface area contributed by atoms with Crippen LogP contribution in [0, 0.1) is 0 Å². The van der Waals surface area contributed by atoms with Crippen LogP contribution in [0.15, 0.2) is 40.9 Å². The van der Waals surface area contributed by atoms with Gasteiger partial charge < -0.3 is 10.1 Å². The lowest BCUT2D eigenvalue weighted by molar-refractivity contribution is 0.0599. The van der Waals surface area contributed by atoms with Gasteiger partial charge in [0, 0.05) is 11.0 Å². The summed E-state index contributed by atoms with van der Waals surface area (Å²) in [5.41, 5.74) is 1.94. The highest BCUT2D eigenvalue weighted by molar-refractivity contribution is 9.10. The molecule has 0 spiro atoms. The summed E-state index contributed by atoms with van der Waals surface area (Å²) < 4.78 is 5.57. The third kappa shape index (κ3) is 3.90. The Labute approximate surface area is 141 Å². The fourth-order valence-corrected chi connectivity index (χ4v) is 3.22. The minimum absolute atomic E-state index is 0.375. The van der Waals surface area contributed by atoms with Crippen LogP contribution in [0.4, 0.5) is 5.69 Å². The summed E-state index contributed by atoms with van der Waals surface area (Å²) in [5.74, 6) is -0.375. The summed E-state index contributed by atoms with van der Waals surface area (Å²) in [5, 5.41) is 4.16. The maximum atomic E-state index is 11.7. The summed E-state index contributed by atoms with van der Waals surface area (Å²) in [6.45, 7) is 0.409. The maximum absolute atomic E-state index is 11.7. The second-order valence-corrected chi connectivity index (χ2v) is 5.98. The van der Waals surface area contributed by atoms with Crippen molar-refractivity contribution < 1.29 is 9.53 Å². The molecule has 0 fully saturated rings. The zero-order chi connectivity index (χ0) is 15.4. The Hall–Kier alpha value is -1.23. The van der Waals surface area contributed by atoms with E-state index in [-0.39, 0.29) is 5.97 Å². The second kappa shape index (κ2) is 7.16. The molecule has 0 bridgehead atoms. The largest absolute Gasteiger partial charge is 0.465 e. The standard InChI is InChI=1S/C15H12BrCl2NO2/c1-21-15(20)11-5-3-2-4-9(11)8-19-14-12(17)6-10(16)7-13(14)18/h2-7,19H,8H2,1H3. The number of hydrogen-bond donors (Lipinski definition) is 1. The number of nitrogens with one attached hydrogen (secondary N) is 1. The molecule has 1 N–H and O–H groups in total. The van der Waals surface area contributed by atoms with Gasteiger partial charge in [-0.3, -0.25) is 0 Å². The number of halogens is 3. The van der Waals surface area contributed by atoms with Gasteiger partial charge in [-0.2, -0.15) is 0 Å². The lowest BCUT2D eigenvalue weighted by Gasteiger charge is -2.13. The normalized spacial score (nSPS) is 10.3. The number of esters is 1. The zero-order valence-electron chi connectivity index (χ0n) is 11.1. The van der Waals surface area contributed by atoms with E-state index >= 15 is 0 Å². The van der Waals surface area contributed by atoms with Crippen molar-refractivity contribution in [1.29, 1.82) is 0 Å². The fraction of sp³-hybridized carbons (Fsp3) is 0.133. The van der Waals surface area contributed by atoms with E-state index in [1.54, 1.807) is 24.3 Å². The Morgan fingerprint density at radius 1 is 1.24 bits per heavy atom. The predicted octanol–water partition coefficient (Wildman–Crippen LogP) is 5.15. The summed E-state index contributed by atoms with van der Waals surface area (Å²) in [7, 11) is 1.36. The van der Waals surface area contributed by atoms with Gasteiger partial charge in [0.1, 0.15) is 0 Å². The van der Waals surface area contributed by atoms with E-state index in [1.165, 1.54) is 7.11 Å². The molecule has 0 aliphatic carbocycles. The van der Waals surface area contributed by atoms with Gasteiger partial charge in [0.15, 0.2) is 0 Å². The lowest BCUT2D eigenvalue weighted by Crippen LogP contribution is -2.09. The zero-order valence-corrected chi connectivity index (χ0v) is 14.2. The molecule has 0 unspecified atom stereocenters. The monoisotopic (exact) mass is 387 g/mol. The van der Waals surface area contributed by atoms with E-state index in [4.69, 9.17) is 27.9 Å². The minimum atomic E-state index is -0.375. The van der Waals surface area contributed by atoms with Gasteiger partial charge >= 0.3 is 5.97 Å². The van der Waals surface area contributed by atoms with Gasteiger partial charge in [-0.1, -0.05) is 57.3 Å². The van der Waals surface area contributed by atoms with Crippen LogP contribution in [0.1, 0.15) is 15.9 Å². The van der Waals surface area contributed by atoms with Crippen LogP contribution in [0.3, 0.4) is 0 Å². The quantitative estimate of drug-likeness (QED) is 0.735. The van der Waals surface area contributed by atoms with E-state index in [2.05, 4.69) is 21.2 Å². The Kier molecular flexibility index (Phi) is 5.51. The van der Waals surface area contributed by atoms with Gasteiger partial charge in [0.2, 0.25) is 0 Å². The number of carbonyl (C=O) groups is 1. The first-order chi connectivity index (χ1) is 10.0. The first-order valence-electron chi connectivity index (χ1n) is 6.07. The summed E-state index contributed by atoms with van der Waals surface area (Å²) in [6.07, 6.45) is 0. The van der Waals surface area contributed by atoms with Gasteiger partial charge in [-0.25, -0.2) is 4.79 Å². The fourth-order valence-electron chi connectivity index (χ4n) is 1.88. The van der Waals surface area contributed by atoms with Crippen molar-refractivity contribution in [1.82, 2.24) is 0 Å². The van der Waals surface area contributed by atoms with Crippen LogP contribution in [0.25, 0.3) is 0 Å². The summed E-state index contributed by atoms with van der Waals surface area (Å²) >= 11 is 15.6. The summed E-state index contributed by atoms with van der Waals surface area (Å²) in [6, 6.07) is 10.7. The Morgan fingerprint density at radius 2 is 1.86 bits per heavy atom. The third-order valence-electron chi connectivity index (χ3n) is 2.89. The molecule has 21 heavy (non-hydrogen) atoms. The van der Waals surface area contributed by atoms with Crippen LogP contribution in [-0.2, 0) is 11.3 Å². The molecule has 2 aromatic rings. The number of benzene rings is 2. The number of carbonyl (C=O) groups excluding carboxylic acids is 1. The van der Waals surface area contributed by atoms with Crippen molar-refractivity contribution in [2.45, 2.75) is 6.54 Å². The van der Waals surface area contributed by atoms with Crippen LogP contribution < -0.4 is 5.32 Å². The first kappa shape index (κ1) is 16.1. The highest BCUT2D eigenvalue weighted by Gasteiger charge is 2.12. The lowest BCUT2D eigenvalue weighted by atomic mass is 10.1. The smallest absolute Gasteiger partial charge is 0.338 e. The molecule has 3 nitrogen and oxygen atoms in total. The predicted molar refractivity (Wildman–Crippen MR) is 89.3 cm³/mol. The molecule has 0 aromatic heterocycles. The van der Waals surface area contributed by atoms with Gasteiger partial charge in [0.25, 0.3) is 0 Å². The number of anilines is 1. The highest BCUT2D eigenvalue weighted by atomic mass is 79.9. The Bertz CT molecular complexity index is 653. The van der Waals surface area contributed by atoms with Crippen LogP contribution >= 0.6 is 39.1 Å². The van der Waals surface area contributed by atoms with E-state index in [1.807, 2.05) is 12.1 Å². The average molecular weight is 389 g/mol. The molecular weight excluding hydrogens is 377 g/mol. The molecule has 0 radical (unpaired) electrons. The third-order valence-corrected chi connectivity index (χ3v) is 3.94. The molecule has 6 heteroatoms. The van der Waals surface area contributed by atoms with Crippen molar-refractivity contribution >= 4 is 50.8 Å². The van der Waals surface area contributed by atoms with Crippen molar-refractivity contribution in [3.63, 3.8) is 0 Å². The highest BCUT2D eigenvalue weighted by Crippen LogP contribution is 2.34. The van der Waals surface area contributed by atoms with Crippen molar-refractivity contribution in [3.05, 3.63) is 62.0 Å². The Morgan fingerprint density at radius 3 is 2.48 bits per heavy atom. The summed E-state index contributed by atoms with van der Waals surface area (Å²) in [4.78, 5) is 11.7. The topological polar surface area (TPSA) is 38.3 Å². The molecule has 0 aliphatic heterocycles. The van der Waals surface area contributed by atoms with Crippen LogP contribution in [-0.4, -0.2) is 13.1 Å². The number of hydrogen-bond acceptors (Lipinski definition) is 3. The maximum Gasteiger partial charge on any atom is 0.338 e. The van der Waals surface area contributed by atoms with Crippen molar-refractivity contribution in [2.75, 3.05) is 12.4 Å². The van der Waals surface area contributed by atoms with E-state index in [0.29, 0.717) is 27.8 Å². The van der Waals surface area contributed by atoms with Crippen LogP contribution in [0.5, 0.6) is 0 Å². The first-order valence-corrected chi connectivity index (χ1v) is 7.62. The molecule has 0 amide bonds. The molecule has 110 valence electrons. The molecular formula is C15H12BrCl2NO2. The molecule has 0 saturated carbocycles. The molecule has 0 heterocycles. The second-order valence-electron chi connectivity index (χ2n) is 4.25. The average Bonchev–Trinajstić information content (AvgIpc) is 2.45. The van der Waals surface area contributed by atoms with Gasteiger partial charge in [-0.05, 0) is 23.8 Å². The number of ether oxygens (including phenoxy) is 1. The van der Waals surface area contributed by atoms with Gasteiger partial charge in [0.05, 0.1) is 28.4 Å². The van der Waals surface area contributed by atoms with E-state index in [9.17, 15) is 4.79 Å². The molecule has 0 aliphatic rings.